The van der Waals surface area contributed by atoms with Crippen molar-refractivity contribution in [2.75, 3.05) is 37.1 Å². The van der Waals surface area contributed by atoms with Gasteiger partial charge in [0.1, 0.15) is 11.4 Å². The van der Waals surface area contributed by atoms with E-state index in [0.29, 0.717) is 18.9 Å². The highest BCUT2D eigenvalue weighted by Crippen LogP contribution is 2.22. The zero-order chi connectivity index (χ0) is 17.0. The van der Waals surface area contributed by atoms with E-state index in [-0.39, 0.29) is 12.1 Å². The van der Waals surface area contributed by atoms with Gasteiger partial charge in [0.15, 0.2) is 0 Å². The van der Waals surface area contributed by atoms with Crippen molar-refractivity contribution in [1.82, 2.24) is 9.88 Å². The second-order valence-electron chi connectivity index (χ2n) is 6.68. The molecule has 0 aliphatic carbocycles. The molecule has 1 atom stereocenters. The first-order valence-electron chi connectivity index (χ1n) is 7.80. The molecule has 7 nitrogen and oxygen atoms in total. The zero-order valence-corrected chi connectivity index (χ0v) is 14.5. The Bertz CT molecular complexity index is 527. The Kier molecular flexibility index (Phi) is 5.30. The monoisotopic (exact) mass is 322 g/mol. The Labute approximate surface area is 137 Å². The molecule has 0 spiro atoms. The van der Waals surface area contributed by atoms with Gasteiger partial charge in [0.05, 0.1) is 19.0 Å². The van der Waals surface area contributed by atoms with Gasteiger partial charge in [-0.15, -0.1) is 0 Å². The van der Waals surface area contributed by atoms with E-state index in [4.69, 9.17) is 9.57 Å². The summed E-state index contributed by atoms with van der Waals surface area (Å²) in [5.74, 6) is 0.663. The van der Waals surface area contributed by atoms with Gasteiger partial charge in [0.2, 0.25) is 0 Å². The van der Waals surface area contributed by atoms with Crippen LogP contribution >= 0.6 is 0 Å². The van der Waals surface area contributed by atoms with E-state index in [1.165, 1.54) is 0 Å². The smallest absolute Gasteiger partial charge is 0.410 e. The van der Waals surface area contributed by atoms with Gasteiger partial charge in [-0.25, -0.2) is 15.3 Å². The van der Waals surface area contributed by atoms with E-state index in [1.54, 1.807) is 18.2 Å². The maximum atomic E-state index is 12.2. The Morgan fingerprint density at radius 3 is 2.61 bits per heavy atom. The number of nitrogens with zero attached hydrogens (tertiary/aromatic N) is 3. The average molecular weight is 322 g/mol. The van der Waals surface area contributed by atoms with Gasteiger partial charge >= 0.3 is 6.09 Å². The van der Waals surface area contributed by atoms with Crippen molar-refractivity contribution in [3.8, 4) is 0 Å². The van der Waals surface area contributed by atoms with Crippen molar-refractivity contribution in [1.29, 1.82) is 0 Å². The minimum absolute atomic E-state index is 0.194. The predicted molar refractivity (Wildman–Crippen MR) is 89.5 cm³/mol. The third-order valence-corrected chi connectivity index (χ3v) is 3.57. The second kappa shape index (κ2) is 7.04. The SMILES string of the molecule is CONc1ccc(N2CCN(C(=O)OC(C)(C)C)CC2C)cn1. The lowest BCUT2D eigenvalue weighted by molar-refractivity contribution is 0.0219. The molecule has 0 aromatic carbocycles. The van der Waals surface area contributed by atoms with Crippen LogP contribution in [0, 0.1) is 0 Å². The van der Waals surface area contributed by atoms with Crippen LogP contribution in [0.2, 0.25) is 0 Å². The summed E-state index contributed by atoms with van der Waals surface area (Å²) in [4.78, 5) is 25.3. The number of rotatable bonds is 3. The Hall–Kier alpha value is -2.02. The van der Waals surface area contributed by atoms with Gasteiger partial charge < -0.3 is 14.5 Å². The third kappa shape index (κ3) is 4.72. The number of piperazine rings is 1. The topological polar surface area (TPSA) is 66.9 Å². The van der Waals surface area contributed by atoms with Gasteiger partial charge in [0, 0.05) is 25.7 Å². The van der Waals surface area contributed by atoms with E-state index < -0.39 is 5.60 Å². The normalized spacial score (nSPS) is 18.7. The second-order valence-corrected chi connectivity index (χ2v) is 6.68. The lowest BCUT2D eigenvalue weighted by Crippen LogP contribution is -2.54. The molecule has 0 saturated carbocycles. The number of nitrogens with one attached hydrogen (secondary N) is 1. The fraction of sp³-hybridized carbons (Fsp3) is 0.625. The molecule has 2 rings (SSSR count). The molecule has 1 unspecified atom stereocenters. The molecule has 1 fully saturated rings. The van der Waals surface area contributed by atoms with Gasteiger partial charge in [-0.1, -0.05) is 0 Å². The lowest BCUT2D eigenvalue weighted by Gasteiger charge is -2.41. The fourth-order valence-corrected chi connectivity index (χ4v) is 2.55. The summed E-state index contributed by atoms with van der Waals surface area (Å²) in [6.07, 6.45) is 1.56. The molecular formula is C16H26N4O3. The summed E-state index contributed by atoms with van der Waals surface area (Å²) >= 11 is 0. The molecule has 1 aromatic heterocycles. The summed E-state index contributed by atoms with van der Waals surface area (Å²) in [6.45, 7) is 9.75. The van der Waals surface area contributed by atoms with Crippen molar-refractivity contribution in [2.45, 2.75) is 39.3 Å². The first kappa shape index (κ1) is 17.3. The Morgan fingerprint density at radius 2 is 2.09 bits per heavy atom. The lowest BCUT2D eigenvalue weighted by atomic mass is 10.1. The maximum absolute atomic E-state index is 12.2. The maximum Gasteiger partial charge on any atom is 0.410 e. The van der Waals surface area contributed by atoms with Crippen LogP contribution in [0.5, 0.6) is 0 Å². The molecule has 23 heavy (non-hydrogen) atoms. The third-order valence-electron chi connectivity index (χ3n) is 3.57. The molecule has 0 bridgehead atoms. The molecule has 1 aliphatic heterocycles. The molecule has 1 N–H and O–H groups in total. The summed E-state index contributed by atoms with van der Waals surface area (Å²) in [5, 5.41) is 0. The molecule has 0 radical (unpaired) electrons. The van der Waals surface area contributed by atoms with Gasteiger partial charge in [0.25, 0.3) is 0 Å². The zero-order valence-electron chi connectivity index (χ0n) is 14.5. The summed E-state index contributed by atoms with van der Waals surface area (Å²) in [6, 6.07) is 4.05. The standard InChI is InChI=1S/C16H26N4O3/c1-12-11-19(15(21)23-16(2,3)4)8-9-20(12)13-6-7-14(17-10-13)18-22-5/h6-7,10,12H,8-9,11H2,1-5H3,(H,17,18). The summed E-state index contributed by atoms with van der Waals surface area (Å²) in [5.41, 5.74) is 3.26. The molecule has 2 heterocycles. The largest absolute Gasteiger partial charge is 0.444 e. The predicted octanol–water partition coefficient (Wildman–Crippen LogP) is 2.50. The van der Waals surface area contributed by atoms with E-state index in [1.807, 2.05) is 32.9 Å². The Balaban J connectivity index is 1.97. The van der Waals surface area contributed by atoms with Crippen molar-refractivity contribution >= 4 is 17.6 Å². The van der Waals surface area contributed by atoms with Crippen molar-refractivity contribution in [3.63, 3.8) is 0 Å². The van der Waals surface area contributed by atoms with Crippen LogP contribution in [0.4, 0.5) is 16.3 Å². The van der Waals surface area contributed by atoms with E-state index in [9.17, 15) is 4.79 Å². The van der Waals surface area contributed by atoms with Gasteiger partial charge in [-0.2, -0.15) is 0 Å². The van der Waals surface area contributed by atoms with Crippen LogP contribution in [0.15, 0.2) is 18.3 Å². The van der Waals surface area contributed by atoms with Crippen LogP contribution in [-0.2, 0) is 9.57 Å². The average Bonchev–Trinajstić information content (AvgIpc) is 2.47. The molecule has 128 valence electrons. The first-order valence-corrected chi connectivity index (χ1v) is 7.80. The molecule has 1 saturated heterocycles. The van der Waals surface area contributed by atoms with E-state index in [0.717, 1.165) is 12.2 Å². The molecule has 1 aromatic rings. The number of carbonyl (C=O) groups excluding carboxylic acids is 1. The number of hydrogen-bond donors (Lipinski definition) is 1. The van der Waals surface area contributed by atoms with Gasteiger partial charge in [-0.05, 0) is 39.8 Å². The van der Waals surface area contributed by atoms with Crippen LogP contribution in [0.1, 0.15) is 27.7 Å². The van der Waals surface area contributed by atoms with Crippen molar-refractivity contribution < 1.29 is 14.4 Å². The van der Waals surface area contributed by atoms with Crippen molar-refractivity contribution in [3.05, 3.63) is 18.3 Å². The molecule has 1 amide bonds. The van der Waals surface area contributed by atoms with Gasteiger partial charge in [-0.3, -0.25) is 4.84 Å². The van der Waals surface area contributed by atoms with Crippen LogP contribution in [-0.4, -0.2) is 54.4 Å². The van der Waals surface area contributed by atoms with E-state index in [2.05, 4.69) is 22.3 Å². The number of carbonyl (C=O) groups is 1. The first-order chi connectivity index (χ1) is 10.8. The summed E-state index contributed by atoms with van der Waals surface area (Å²) in [7, 11) is 1.55. The van der Waals surface area contributed by atoms with Crippen LogP contribution in [0.3, 0.4) is 0 Å². The molecule has 1 aliphatic rings. The number of aromatic nitrogens is 1. The number of ether oxygens (including phenoxy) is 1. The number of anilines is 2. The minimum atomic E-state index is -0.467. The highest BCUT2D eigenvalue weighted by atomic mass is 16.6. The minimum Gasteiger partial charge on any atom is -0.444 e. The molecule has 7 heteroatoms. The van der Waals surface area contributed by atoms with Crippen molar-refractivity contribution in [2.24, 2.45) is 0 Å². The fourth-order valence-electron chi connectivity index (χ4n) is 2.55. The van der Waals surface area contributed by atoms with Crippen LogP contribution < -0.4 is 10.4 Å². The summed E-state index contributed by atoms with van der Waals surface area (Å²) < 4.78 is 5.44. The van der Waals surface area contributed by atoms with E-state index >= 15 is 0 Å². The quantitative estimate of drug-likeness (QED) is 0.863. The van der Waals surface area contributed by atoms with Crippen LogP contribution in [0.25, 0.3) is 0 Å². The molecular weight excluding hydrogens is 296 g/mol. The Morgan fingerprint density at radius 1 is 1.35 bits per heavy atom. The number of amides is 1. The highest BCUT2D eigenvalue weighted by molar-refractivity contribution is 5.69. The highest BCUT2D eigenvalue weighted by Gasteiger charge is 2.29. The number of pyridine rings is 1. The number of hydrogen-bond acceptors (Lipinski definition) is 6.